The Labute approximate surface area is 78.9 Å². The molecule has 0 radical (unpaired) electrons. The Morgan fingerprint density at radius 3 is 3.00 bits per heavy atom. The molecule has 1 rings (SSSR count). The number of nitrogens with zero attached hydrogens (tertiary/aromatic N) is 2. The molecule has 0 bridgehead atoms. The van der Waals surface area contributed by atoms with Gasteiger partial charge in [0, 0.05) is 18.3 Å². The number of carbonyl (C=O) groups excluding carboxylic acids is 1. The van der Waals surface area contributed by atoms with Crippen molar-refractivity contribution in [3.05, 3.63) is 5.01 Å². The fourth-order valence-corrected chi connectivity index (χ4v) is 1.85. The highest BCUT2D eigenvalue weighted by Gasteiger charge is 2.06. The van der Waals surface area contributed by atoms with Crippen LogP contribution >= 0.6 is 23.3 Å². The summed E-state index contributed by atoms with van der Waals surface area (Å²) < 4.78 is 3.97. The molecular formula is C6H9N3OS2. The van der Waals surface area contributed by atoms with Crippen molar-refractivity contribution in [3.8, 4) is 0 Å². The molecule has 0 fully saturated rings. The highest BCUT2D eigenvalue weighted by Crippen LogP contribution is 2.16. The van der Waals surface area contributed by atoms with Gasteiger partial charge in [-0.25, -0.2) is 4.98 Å². The molecule has 0 spiro atoms. The highest BCUT2D eigenvalue weighted by molar-refractivity contribution is 8.13. The van der Waals surface area contributed by atoms with E-state index >= 15 is 0 Å². The van der Waals surface area contributed by atoms with Crippen molar-refractivity contribution < 1.29 is 4.79 Å². The van der Waals surface area contributed by atoms with Crippen LogP contribution in [-0.4, -0.2) is 21.1 Å². The zero-order chi connectivity index (χ0) is 8.97. The maximum absolute atomic E-state index is 11.0. The number of aromatic nitrogens is 2. The number of hydrogen-bond donors (Lipinski definition) is 1. The van der Waals surface area contributed by atoms with E-state index in [2.05, 4.69) is 14.7 Å². The minimum absolute atomic E-state index is 0.102. The second-order valence-electron chi connectivity index (χ2n) is 2.02. The Balaban J connectivity index is 2.46. The number of hydrogen-bond acceptors (Lipinski definition) is 5. The van der Waals surface area contributed by atoms with Crippen molar-refractivity contribution in [1.82, 2.24) is 14.7 Å². The van der Waals surface area contributed by atoms with Crippen molar-refractivity contribution in [1.29, 1.82) is 0 Å². The van der Waals surface area contributed by atoms with Crippen molar-refractivity contribution in [3.63, 3.8) is 0 Å². The first-order chi connectivity index (χ1) is 5.72. The molecule has 6 heteroatoms. The minimum Gasteiger partial charge on any atom is -0.347 e. The van der Waals surface area contributed by atoms with Crippen LogP contribution in [0.2, 0.25) is 0 Å². The van der Waals surface area contributed by atoms with Crippen LogP contribution in [0, 0.1) is 6.92 Å². The molecule has 0 saturated carbocycles. The number of amides is 1. The summed E-state index contributed by atoms with van der Waals surface area (Å²) in [5.41, 5.74) is 0. The van der Waals surface area contributed by atoms with E-state index in [-0.39, 0.29) is 5.24 Å². The van der Waals surface area contributed by atoms with Crippen LogP contribution in [0.4, 0.5) is 4.79 Å². The molecule has 1 heterocycles. The molecule has 4 nitrogen and oxygen atoms in total. The second kappa shape index (κ2) is 4.42. The SMILES string of the molecule is CCNC(=O)Sc1nsc(C)n1. The highest BCUT2D eigenvalue weighted by atomic mass is 32.2. The van der Waals surface area contributed by atoms with E-state index in [0.29, 0.717) is 11.7 Å². The van der Waals surface area contributed by atoms with E-state index in [1.807, 2.05) is 13.8 Å². The van der Waals surface area contributed by atoms with Gasteiger partial charge in [-0.1, -0.05) is 0 Å². The molecule has 1 amide bonds. The second-order valence-corrected chi connectivity index (χ2v) is 3.91. The van der Waals surface area contributed by atoms with Gasteiger partial charge in [0.1, 0.15) is 5.01 Å². The number of carbonyl (C=O) groups is 1. The average molecular weight is 203 g/mol. The van der Waals surface area contributed by atoms with Gasteiger partial charge in [0.2, 0.25) is 5.16 Å². The Morgan fingerprint density at radius 2 is 2.50 bits per heavy atom. The molecule has 0 saturated heterocycles. The van der Waals surface area contributed by atoms with Crippen LogP contribution in [0.15, 0.2) is 5.16 Å². The third-order valence-corrected chi connectivity index (χ3v) is 2.44. The Bertz CT molecular complexity index is 274. The molecular weight excluding hydrogens is 194 g/mol. The summed E-state index contributed by atoms with van der Waals surface area (Å²) in [6.45, 7) is 4.37. The normalized spacial score (nSPS) is 9.83. The Morgan fingerprint density at radius 1 is 1.75 bits per heavy atom. The molecule has 1 aromatic rings. The monoisotopic (exact) mass is 203 g/mol. The van der Waals surface area contributed by atoms with Gasteiger partial charge in [-0.3, -0.25) is 4.79 Å². The predicted molar refractivity (Wildman–Crippen MR) is 49.6 cm³/mol. The van der Waals surface area contributed by atoms with Crippen molar-refractivity contribution in [2.24, 2.45) is 0 Å². The van der Waals surface area contributed by atoms with Gasteiger partial charge in [0.05, 0.1) is 0 Å². The first kappa shape index (κ1) is 9.47. The molecule has 0 aliphatic carbocycles. The molecule has 12 heavy (non-hydrogen) atoms. The summed E-state index contributed by atoms with van der Waals surface area (Å²) in [7, 11) is 0. The molecule has 0 atom stereocenters. The van der Waals surface area contributed by atoms with E-state index in [1.54, 1.807) is 0 Å². The smallest absolute Gasteiger partial charge is 0.286 e. The molecule has 1 aromatic heterocycles. The van der Waals surface area contributed by atoms with Crippen LogP contribution < -0.4 is 5.32 Å². The topological polar surface area (TPSA) is 54.9 Å². The summed E-state index contributed by atoms with van der Waals surface area (Å²) >= 11 is 2.33. The van der Waals surface area contributed by atoms with Gasteiger partial charge in [-0.05, 0) is 25.4 Å². The fraction of sp³-hybridized carbons (Fsp3) is 0.500. The summed E-state index contributed by atoms with van der Waals surface area (Å²) in [5, 5.41) is 3.96. The zero-order valence-corrected chi connectivity index (χ0v) is 8.46. The zero-order valence-electron chi connectivity index (χ0n) is 6.83. The van der Waals surface area contributed by atoms with Gasteiger partial charge in [-0.15, -0.1) is 0 Å². The van der Waals surface area contributed by atoms with Crippen LogP contribution in [0.25, 0.3) is 0 Å². The third kappa shape index (κ3) is 2.78. The number of aryl methyl sites for hydroxylation is 1. The van der Waals surface area contributed by atoms with Gasteiger partial charge < -0.3 is 5.32 Å². The fourth-order valence-electron chi connectivity index (χ4n) is 0.585. The van der Waals surface area contributed by atoms with Crippen LogP contribution in [0.3, 0.4) is 0 Å². The standard InChI is InChI=1S/C6H9N3OS2/c1-3-7-6(10)11-5-8-4(2)12-9-5/h3H2,1-2H3,(H,7,10). The molecule has 0 aliphatic heterocycles. The first-order valence-corrected chi connectivity index (χ1v) is 5.07. The van der Waals surface area contributed by atoms with Gasteiger partial charge >= 0.3 is 0 Å². The van der Waals surface area contributed by atoms with E-state index in [0.717, 1.165) is 16.8 Å². The van der Waals surface area contributed by atoms with E-state index < -0.39 is 0 Å². The molecule has 1 N–H and O–H groups in total. The number of thioether (sulfide) groups is 1. The van der Waals surface area contributed by atoms with E-state index in [1.165, 1.54) is 11.5 Å². The van der Waals surface area contributed by atoms with Gasteiger partial charge in [0.15, 0.2) is 0 Å². The molecule has 0 unspecified atom stereocenters. The molecule has 0 aromatic carbocycles. The Hall–Kier alpha value is -0.620. The minimum atomic E-state index is -0.102. The maximum Gasteiger partial charge on any atom is 0.286 e. The largest absolute Gasteiger partial charge is 0.347 e. The summed E-state index contributed by atoms with van der Waals surface area (Å²) in [6.07, 6.45) is 0. The molecule has 0 aliphatic rings. The number of nitrogens with one attached hydrogen (secondary N) is 1. The average Bonchev–Trinajstić information content (AvgIpc) is 2.36. The summed E-state index contributed by atoms with van der Waals surface area (Å²) in [4.78, 5) is 15.0. The lowest BCUT2D eigenvalue weighted by atomic mass is 10.8. The quantitative estimate of drug-likeness (QED) is 0.743. The van der Waals surface area contributed by atoms with Crippen molar-refractivity contribution in [2.75, 3.05) is 6.54 Å². The predicted octanol–water partition coefficient (Wildman–Crippen LogP) is 1.67. The lowest BCUT2D eigenvalue weighted by molar-refractivity contribution is 0.261. The Kier molecular flexibility index (Phi) is 3.48. The van der Waals surface area contributed by atoms with Crippen LogP contribution in [-0.2, 0) is 0 Å². The van der Waals surface area contributed by atoms with Gasteiger partial charge in [-0.2, -0.15) is 4.37 Å². The maximum atomic E-state index is 11.0. The van der Waals surface area contributed by atoms with Crippen molar-refractivity contribution >= 4 is 28.5 Å². The van der Waals surface area contributed by atoms with Crippen LogP contribution in [0.1, 0.15) is 11.9 Å². The molecule has 66 valence electrons. The first-order valence-electron chi connectivity index (χ1n) is 3.48. The van der Waals surface area contributed by atoms with Crippen molar-refractivity contribution in [2.45, 2.75) is 19.0 Å². The summed E-state index contributed by atoms with van der Waals surface area (Å²) in [5.74, 6) is 0. The van der Waals surface area contributed by atoms with E-state index in [9.17, 15) is 4.79 Å². The van der Waals surface area contributed by atoms with E-state index in [4.69, 9.17) is 0 Å². The lowest BCUT2D eigenvalue weighted by Crippen LogP contribution is -2.17. The lowest BCUT2D eigenvalue weighted by Gasteiger charge is -1.95. The van der Waals surface area contributed by atoms with Crippen LogP contribution in [0.5, 0.6) is 0 Å². The third-order valence-electron chi connectivity index (χ3n) is 1.01. The summed E-state index contributed by atoms with van der Waals surface area (Å²) in [6, 6.07) is 0. The number of rotatable bonds is 2. The van der Waals surface area contributed by atoms with Gasteiger partial charge in [0.25, 0.3) is 5.24 Å².